The fraction of sp³-hybridized carbons (Fsp3) is 0.184. The van der Waals surface area contributed by atoms with Crippen LogP contribution in [0.5, 0.6) is 5.75 Å². The number of anilines is 4. The number of phenols is 1. The van der Waals surface area contributed by atoms with Gasteiger partial charge in [-0.2, -0.15) is 0 Å². The first-order valence-corrected chi connectivity index (χ1v) is 14.4. The fourth-order valence-electron chi connectivity index (χ4n) is 6.08. The molecular weight excluding hydrogens is 528 g/mol. The number of hydrogen-bond donors (Lipinski definition) is 1. The van der Waals surface area contributed by atoms with Gasteiger partial charge in [0, 0.05) is 18.1 Å². The van der Waals surface area contributed by atoms with E-state index in [-0.39, 0.29) is 5.75 Å². The van der Waals surface area contributed by atoms with Crippen molar-refractivity contribution in [2.45, 2.75) is 39.4 Å². The molecule has 6 aromatic rings. The van der Waals surface area contributed by atoms with Gasteiger partial charge >= 0.3 is 0 Å². The van der Waals surface area contributed by atoms with Gasteiger partial charge in [0.2, 0.25) is 0 Å². The van der Waals surface area contributed by atoms with Gasteiger partial charge in [0.25, 0.3) is 0 Å². The fourth-order valence-corrected chi connectivity index (χ4v) is 6.08. The molecule has 0 bridgehead atoms. The molecule has 5 heteroatoms. The van der Waals surface area contributed by atoms with Crippen LogP contribution in [0.15, 0.2) is 115 Å². The Morgan fingerprint density at radius 2 is 1.37 bits per heavy atom. The largest absolute Gasteiger partial charge is 0.506 e. The highest BCUT2D eigenvalue weighted by atomic mass is 16.3. The predicted octanol–water partition coefficient (Wildman–Crippen LogP) is 9.89. The number of hydrogen-bond acceptors (Lipinski definition) is 4. The van der Waals surface area contributed by atoms with Gasteiger partial charge in [-0.15, -0.1) is 0 Å². The maximum absolute atomic E-state index is 10.7. The zero-order valence-electron chi connectivity index (χ0n) is 29.4. The van der Waals surface area contributed by atoms with Gasteiger partial charge in [0.1, 0.15) is 18.2 Å². The van der Waals surface area contributed by atoms with Crippen LogP contribution >= 0.6 is 0 Å². The standard InChI is InChI=1S/C38H36N4O/c1-25(2)29-15-12-16-30(26(3)4)37(29)42-32-18-6-5-17-31(32)39-38(42)27-13-11-14-28(23-27)40-24-41(34-20-8-7-19-33(34)40)35-21-9-10-22-36(35)43/h5-23,25-26,43H,24H2,1-4H3/i1D3,25D,26D. The number of aromatic nitrogens is 2. The van der Waals surface area contributed by atoms with Crippen molar-refractivity contribution < 1.29 is 12.0 Å². The summed E-state index contributed by atoms with van der Waals surface area (Å²) in [4.78, 5) is 9.35. The maximum atomic E-state index is 10.7. The lowest BCUT2D eigenvalue weighted by atomic mass is 9.92. The maximum Gasteiger partial charge on any atom is 0.145 e. The number of rotatable bonds is 6. The zero-order chi connectivity index (χ0) is 34.0. The van der Waals surface area contributed by atoms with Crippen LogP contribution in [-0.4, -0.2) is 21.3 Å². The van der Waals surface area contributed by atoms with E-state index in [1.165, 1.54) is 6.92 Å². The van der Waals surface area contributed by atoms with Gasteiger partial charge in [-0.3, -0.25) is 4.57 Å². The second-order valence-corrected chi connectivity index (χ2v) is 11.1. The lowest BCUT2D eigenvalue weighted by molar-refractivity contribution is 0.476. The second kappa shape index (κ2) is 10.7. The van der Waals surface area contributed by atoms with Crippen molar-refractivity contribution in [2.75, 3.05) is 16.5 Å². The van der Waals surface area contributed by atoms with Gasteiger partial charge in [0.15, 0.2) is 0 Å². The molecule has 1 aromatic heterocycles. The second-order valence-electron chi connectivity index (χ2n) is 11.1. The van der Waals surface area contributed by atoms with E-state index in [1.807, 2.05) is 83.4 Å². The average molecular weight is 570 g/mol. The minimum atomic E-state index is -2.63. The number of nitrogens with zero attached hydrogens (tertiary/aromatic N) is 4. The highest BCUT2D eigenvalue weighted by Gasteiger charge is 2.29. The average Bonchev–Trinajstić information content (AvgIpc) is 3.63. The number of phenolic OH excluding ortho intramolecular Hbond substituents is 1. The van der Waals surface area contributed by atoms with Gasteiger partial charge in [-0.25, -0.2) is 4.98 Å². The first kappa shape index (κ1) is 21.6. The number of imidazole rings is 1. The summed E-state index contributed by atoms with van der Waals surface area (Å²) in [6.07, 6.45) is 0. The van der Waals surface area contributed by atoms with Gasteiger partial charge < -0.3 is 14.9 Å². The van der Waals surface area contributed by atoms with E-state index < -0.39 is 18.6 Å². The molecule has 2 heterocycles. The van der Waals surface area contributed by atoms with E-state index in [0.717, 1.165) is 28.1 Å². The number of para-hydroxylation sites is 7. The molecule has 0 aliphatic carbocycles. The molecule has 1 atom stereocenters. The lowest BCUT2D eigenvalue weighted by Gasteiger charge is -2.24. The zero-order valence-corrected chi connectivity index (χ0v) is 24.4. The first-order valence-electron chi connectivity index (χ1n) is 16.9. The predicted molar refractivity (Wildman–Crippen MR) is 178 cm³/mol. The van der Waals surface area contributed by atoms with Crippen LogP contribution < -0.4 is 9.80 Å². The quantitative estimate of drug-likeness (QED) is 0.217. The molecular formula is C38H36N4O. The topological polar surface area (TPSA) is 44.5 Å². The van der Waals surface area contributed by atoms with E-state index in [2.05, 4.69) is 21.9 Å². The molecule has 0 spiro atoms. The molecule has 43 heavy (non-hydrogen) atoms. The minimum Gasteiger partial charge on any atom is -0.506 e. The van der Waals surface area contributed by atoms with Gasteiger partial charge in [0.05, 0.1) is 33.8 Å². The summed E-state index contributed by atoms with van der Waals surface area (Å²) < 4.78 is 45.2. The number of fused-ring (bicyclic) bond motifs is 2. The van der Waals surface area contributed by atoms with Crippen LogP contribution in [0.4, 0.5) is 22.7 Å². The Bertz CT molecular complexity index is 2170. The Hall–Kier alpha value is -5.03. The van der Waals surface area contributed by atoms with Crippen LogP contribution in [0.1, 0.15) is 57.4 Å². The van der Waals surface area contributed by atoms with Crippen LogP contribution in [0.2, 0.25) is 0 Å². The third-order valence-electron chi connectivity index (χ3n) is 8.10. The summed E-state index contributed by atoms with van der Waals surface area (Å²) in [5.74, 6) is -2.32. The Morgan fingerprint density at radius 3 is 2.12 bits per heavy atom. The Labute approximate surface area is 260 Å². The summed E-state index contributed by atoms with van der Waals surface area (Å²) in [5, 5.41) is 10.7. The van der Waals surface area contributed by atoms with E-state index in [0.29, 0.717) is 40.5 Å². The van der Waals surface area contributed by atoms with Crippen molar-refractivity contribution in [3.63, 3.8) is 0 Å². The van der Waals surface area contributed by atoms with E-state index in [4.69, 9.17) is 10.5 Å². The van der Waals surface area contributed by atoms with Crippen LogP contribution in [0.3, 0.4) is 0 Å². The molecule has 5 aromatic carbocycles. The summed E-state index contributed by atoms with van der Waals surface area (Å²) in [5.41, 5.74) is 7.17. The van der Waals surface area contributed by atoms with E-state index in [9.17, 15) is 6.48 Å². The monoisotopic (exact) mass is 569 g/mol. The number of benzene rings is 5. The highest BCUT2D eigenvalue weighted by Crippen LogP contribution is 2.47. The molecule has 5 nitrogen and oxygen atoms in total. The summed E-state index contributed by atoms with van der Waals surface area (Å²) in [6, 6.07) is 36.3. The molecule has 0 radical (unpaired) electrons. The molecule has 1 N–H and O–H groups in total. The molecule has 7 rings (SSSR count). The number of aromatic hydroxyl groups is 1. The molecule has 0 saturated carbocycles. The van der Waals surface area contributed by atoms with Crippen molar-refractivity contribution in [1.82, 2.24) is 9.55 Å². The summed E-state index contributed by atoms with van der Waals surface area (Å²) in [6.45, 7) is 2.79. The summed E-state index contributed by atoms with van der Waals surface area (Å²) in [7, 11) is 0. The molecule has 0 amide bonds. The van der Waals surface area contributed by atoms with Crippen LogP contribution in [0.25, 0.3) is 28.1 Å². The Kier molecular flexibility index (Phi) is 5.37. The van der Waals surface area contributed by atoms with Crippen molar-refractivity contribution in [3.05, 3.63) is 126 Å². The lowest BCUT2D eigenvalue weighted by Crippen LogP contribution is -2.24. The molecule has 0 saturated heterocycles. The minimum absolute atomic E-state index is 0.196. The first-order chi connectivity index (χ1) is 22.8. The van der Waals surface area contributed by atoms with Gasteiger partial charge in [-0.1, -0.05) is 94.4 Å². The van der Waals surface area contributed by atoms with Gasteiger partial charge in [-0.05, 0) is 71.4 Å². The van der Waals surface area contributed by atoms with E-state index >= 15 is 0 Å². The Morgan fingerprint density at radius 1 is 0.721 bits per heavy atom. The van der Waals surface area contributed by atoms with Crippen molar-refractivity contribution in [2.24, 2.45) is 0 Å². The van der Waals surface area contributed by atoms with Crippen molar-refractivity contribution in [3.8, 4) is 22.8 Å². The molecule has 0 fully saturated rings. The molecule has 1 unspecified atom stereocenters. The summed E-state index contributed by atoms with van der Waals surface area (Å²) >= 11 is 0. The van der Waals surface area contributed by atoms with E-state index in [1.54, 1.807) is 38.1 Å². The van der Waals surface area contributed by atoms with Crippen LogP contribution in [-0.2, 0) is 0 Å². The Balaban J connectivity index is 1.44. The van der Waals surface area contributed by atoms with Crippen molar-refractivity contribution in [1.29, 1.82) is 0 Å². The van der Waals surface area contributed by atoms with Crippen molar-refractivity contribution >= 4 is 33.8 Å². The highest BCUT2D eigenvalue weighted by molar-refractivity contribution is 5.90. The van der Waals surface area contributed by atoms with Crippen LogP contribution in [0, 0.1) is 0 Å². The third-order valence-corrected chi connectivity index (χ3v) is 8.10. The third kappa shape index (κ3) is 4.52. The normalized spacial score (nSPS) is 16.6. The SMILES string of the molecule is [2H]C(C)(C)c1cccc(C([2H])(C)C([2H])([2H])[2H])c1-n1c(-c2cccc(N3CN(c4ccccc4O)c4ccccc43)c2)nc2ccccc21. The molecule has 214 valence electrons. The molecule has 1 aliphatic heterocycles. The molecule has 1 aliphatic rings. The smallest absolute Gasteiger partial charge is 0.145 e.